The highest BCUT2D eigenvalue weighted by Crippen LogP contribution is 2.25. The van der Waals surface area contributed by atoms with Gasteiger partial charge in [-0.3, -0.25) is 9.69 Å². The smallest absolute Gasteiger partial charge is 0.337 e. The molecule has 3 aromatic rings. The van der Waals surface area contributed by atoms with Crippen molar-refractivity contribution in [3.05, 3.63) is 101 Å². The van der Waals surface area contributed by atoms with Crippen molar-refractivity contribution in [1.82, 2.24) is 9.80 Å². The first-order valence-corrected chi connectivity index (χ1v) is 12.5. The fraction of sp³-hybridized carbons (Fsp3) is 0.333. The Hall–Kier alpha value is -3.68. The van der Waals surface area contributed by atoms with E-state index in [9.17, 15) is 9.59 Å². The van der Waals surface area contributed by atoms with Crippen molar-refractivity contribution in [2.75, 3.05) is 46.9 Å². The summed E-state index contributed by atoms with van der Waals surface area (Å²) in [5.41, 5.74) is 4.33. The first-order chi connectivity index (χ1) is 18.0. The summed E-state index contributed by atoms with van der Waals surface area (Å²) in [7, 11) is 3.03. The number of esters is 1. The maximum atomic E-state index is 13.0. The zero-order chi connectivity index (χ0) is 26.2. The number of nitrogens with zero attached hydrogens (tertiary/aromatic N) is 2. The summed E-state index contributed by atoms with van der Waals surface area (Å²) >= 11 is 0. The molecule has 7 heteroatoms. The number of amides is 1. The van der Waals surface area contributed by atoms with Crippen LogP contribution in [0, 0.1) is 6.92 Å². The van der Waals surface area contributed by atoms with E-state index in [1.54, 1.807) is 19.2 Å². The van der Waals surface area contributed by atoms with Gasteiger partial charge in [0, 0.05) is 38.3 Å². The molecule has 194 valence electrons. The fourth-order valence-corrected chi connectivity index (χ4v) is 4.48. The van der Waals surface area contributed by atoms with Gasteiger partial charge in [-0.25, -0.2) is 4.79 Å². The molecule has 7 nitrogen and oxygen atoms in total. The highest BCUT2D eigenvalue weighted by atomic mass is 16.5. The van der Waals surface area contributed by atoms with E-state index in [4.69, 9.17) is 14.2 Å². The van der Waals surface area contributed by atoms with Crippen molar-refractivity contribution < 1.29 is 23.8 Å². The van der Waals surface area contributed by atoms with E-state index in [2.05, 4.69) is 4.90 Å². The molecule has 0 bridgehead atoms. The second-order valence-electron chi connectivity index (χ2n) is 9.23. The van der Waals surface area contributed by atoms with Gasteiger partial charge >= 0.3 is 5.97 Å². The summed E-state index contributed by atoms with van der Waals surface area (Å²) in [5, 5.41) is 0. The van der Waals surface area contributed by atoms with E-state index < -0.39 is 0 Å². The number of ether oxygens (including phenoxy) is 3. The zero-order valence-electron chi connectivity index (χ0n) is 21.7. The van der Waals surface area contributed by atoms with Gasteiger partial charge in [-0.05, 0) is 54.4 Å². The largest absolute Gasteiger partial charge is 0.497 e. The maximum absolute atomic E-state index is 13.0. The summed E-state index contributed by atoms with van der Waals surface area (Å²) < 4.78 is 16.6. The third-order valence-corrected chi connectivity index (χ3v) is 6.64. The van der Waals surface area contributed by atoms with Gasteiger partial charge in [0.15, 0.2) is 0 Å². The van der Waals surface area contributed by atoms with Crippen molar-refractivity contribution in [3.8, 4) is 5.75 Å². The Bertz CT molecular complexity index is 1200. The summed E-state index contributed by atoms with van der Waals surface area (Å²) in [6.45, 7) is 5.99. The summed E-state index contributed by atoms with van der Waals surface area (Å²) in [4.78, 5) is 28.9. The number of methoxy groups -OCH3 is 2. The number of hydrogen-bond donors (Lipinski definition) is 0. The van der Waals surface area contributed by atoms with Crippen LogP contribution in [-0.2, 0) is 16.1 Å². The van der Waals surface area contributed by atoms with Gasteiger partial charge in [-0.2, -0.15) is 0 Å². The first-order valence-electron chi connectivity index (χ1n) is 12.5. The van der Waals surface area contributed by atoms with Crippen LogP contribution in [0.15, 0.2) is 72.8 Å². The molecule has 0 aromatic heterocycles. The van der Waals surface area contributed by atoms with Crippen LogP contribution < -0.4 is 4.74 Å². The van der Waals surface area contributed by atoms with Crippen LogP contribution in [0.2, 0.25) is 0 Å². The third-order valence-electron chi connectivity index (χ3n) is 6.64. The molecule has 1 aliphatic heterocycles. The van der Waals surface area contributed by atoms with Gasteiger partial charge in [0.25, 0.3) is 5.91 Å². The molecule has 3 aromatic carbocycles. The molecule has 0 saturated carbocycles. The van der Waals surface area contributed by atoms with Gasteiger partial charge in [-0.1, -0.05) is 42.0 Å². The van der Waals surface area contributed by atoms with Crippen molar-refractivity contribution in [3.63, 3.8) is 0 Å². The van der Waals surface area contributed by atoms with Crippen molar-refractivity contribution in [2.45, 2.75) is 19.6 Å². The van der Waals surface area contributed by atoms with Gasteiger partial charge in [0.05, 0.1) is 32.5 Å². The average Bonchev–Trinajstić information content (AvgIpc) is 2.95. The third kappa shape index (κ3) is 6.96. The molecular weight excluding hydrogens is 468 g/mol. The van der Waals surface area contributed by atoms with E-state index in [-0.39, 0.29) is 18.0 Å². The van der Waals surface area contributed by atoms with Crippen molar-refractivity contribution in [2.24, 2.45) is 0 Å². The zero-order valence-corrected chi connectivity index (χ0v) is 21.7. The predicted octanol–water partition coefficient (Wildman–Crippen LogP) is 4.51. The van der Waals surface area contributed by atoms with Crippen LogP contribution in [0.3, 0.4) is 0 Å². The number of piperazine rings is 1. The van der Waals surface area contributed by atoms with Crippen LogP contribution >= 0.6 is 0 Å². The number of hydrogen-bond acceptors (Lipinski definition) is 6. The van der Waals surface area contributed by atoms with Gasteiger partial charge in [-0.15, -0.1) is 0 Å². The Kier molecular flexibility index (Phi) is 8.93. The molecule has 1 amide bonds. The minimum Gasteiger partial charge on any atom is -0.497 e. The standard InChI is InChI=1S/C30H34N2O5/c1-22-6-4-8-26(18-22)29(33)32-16-14-31(15-17-32)20-28(25-7-5-9-27(19-25)35-2)37-21-23-10-12-24(13-11-23)30(34)36-3/h4-13,18-19,28H,14-17,20-21H2,1-3H3/t28-/m1/s1. The first kappa shape index (κ1) is 26.4. The van der Waals surface area contributed by atoms with Crippen molar-refractivity contribution in [1.29, 1.82) is 0 Å². The molecule has 0 radical (unpaired) electrons. The monoisotopic (exact) mass is 502 g/mol. The Morgan fingerprint density at radius 2 is 1.59 bits per heavy atom. The molecule has 1 saturated heterocycles. The van der Waals surface area contributed by atoms with E-state index in [1.165, 1.54) is 7.11 Å². The Morgan fingerprint density at radius 1 is 0.865 bits per heavy atom. The number of aryl methyl sites for hydroxylation is 1. The Balaban J connectivity index is 1.40. The van der Waals surface area contributed by atoms with Gasteiger partial charge < -0.3 is 19.1 Å². The highest BCUT2D eigenvalue weighted by molar-refractivity contribution is 5.94. The SMILES string of the molecule is COC(=O)c1ccc(CO[C@H](CN2CCN(C(=O)c3cccc(C)c3)CC2)c2cccc(OC)c2)cc1. The van der Waals surface area contributed by atoms with Crippen LogP contribution in [-0.4, -0.2) is 68.6 Å². The van der Waals surface area contributed by atoms with E-state index >= 15 is 0 Å². The average molecular weight is 503 g/mol. The molecule has 0 unspecified atom stereocenters. The second kappa shape index (κ2) is 12.5. The molecule has 4 rings (SSSR count). The lowest BCUT2D eigenvalue weighted by atomic mass is 10.1. The second-order valence-corrected chi connectivity index (χ2v) is 9.23. The highest BCUT2D eigenvalue weighted by Gasteiger charge is 2.25. The Morgan fingerprint density at radius 3 is 2.27 bits per heavy atom. The number of benzene rings is 3. The molecule has 1 aliphatic rings. The minimum absolute atomic E-state index is 0.0827. The number of rotatable bonds is 9. The minimum atomic E-state index is -0.359. The van der Waals surface area contributed by atoms with Crippen LogP contribution in [0.1, 0.15) is 43.5 Å². The molecule has 1 atom stereocenters. The van der Waals surface area contributed by atoms with Gasteiger partial charge in [0.2, 0.25) is 0 Å². The molecule has 0 aliphatic carbocycles. The lowest BCUT2D eigenvalue weighted by Crippen LogP contribution is -2.49. The van der Waals surface area contributed by atoms with E-state index in [0.717, 1.165) is 41.1 Å². The molecular formula is C30H34N2O5. The Labute approximate surface area is 218 Å². The quantitative estimate of drug-likeness (QED) is 0.401. The number of carbonyl (C=O) groups is 2. The summed E-state index contributed by atoms with van der Waals surface area (Å²) in [6, 6.07) is 22.9. The summed E-state index contributed by atoms with van der Waals surface area (Å²) in [6.07, 6.45) is -0.186. The maximum Gasteiger partial charge on any atom is 0.337 e. The lowest BCUT2D eigenvalue weighted by molar-refractivity contribution is 0.00331. The van der Waals surface area contributed by atoms with Crippen LogP contribution in [0.4, 0.5) is 0 Å². The van der Waals surface area contributed by atoms with Crippen molar-refractivity contribution >= 4 is 11.9 Å². The van der Waals surface area contributed by atoms with Crippen LogP contribution in [0.25, 0.3) is 0 Å². The molecule has 1 fully saturated rings. The fourth-order valence-electron chi connectivity index (χ4n) is 4.48. The van der Waals surface area contributed by atoms with Gasteiger partial charge in [0.1, 0.15) is 5.75 Å². The van der Waals surface area contributed by atoms with Crippen LogP contribution in [0.5, 0.6) is 5.75 Å². The number of carbonyl (C=O) groups excluding carboxylic acids is 2. The topological polar surface area (TPSA) is 68.3 Å². The molecule has 0 N–H and O–H groups in total. The molecule has 0 spiro atoms. The summed E-state index contributed by atoms with van der Waals surface area (Å²) in [5.74, 6) is 0.503. The predicted molar refractivity (Wildman–Crippen MR) is 142 cm³/mol. The van der Waals surface area contributed by atoms with E-state index in [1.807, 2.05) is 72.5 Å². The molecule has 37 heavy (non-hydrogen) atoms. The lowest BCUT2D eigenvalue weighted by Gasteiger charge is -2.36. The molecule has 1 heterocycles. The van der Waals surface area contributed by atoms with E-state index in [0.29, 0.717) is 31.8 Å². The normalized spacial score (nSPS) is 14.7.